The number of carbonyl (C=O) groups is 1. The van der Waals surface area contributed by atoms with E-state index in [0.717, 1.165) is 12.3 Å². The first kappa shape index (κ1) is 20.5. The molecular formula is C15H14F6N2O2. The summed E-state index contributed by atoms with van der Waals surface area (Å²) in [4.78, 5) is 10.6. The minimum absolute atomic E-state index is 0.0183. The summed E-state index contributed by atoms with van der Waals surface area (Å²) in [5.41, 5.74) is -4.18. The van der Waals surface area contributed by atoms with Crippen molar-refractivity contribution in [3.8, 4) is 0 Å². The number of carboxylic acid groups (broad SMARTS) is 1. The van der Waals surface area contributed by atoms with Gasteiger partial charge in [-0.3, -0.25) is 4.79 Å². The normalized spacial score (nSPS) is 13.7. The Labute approximate surface area is 138 Å². The Morgan fingerprint density at radius 3 is 2.04 bits per heavy atom. The van der Waals surface area contributed by atoms with Crippen molar-refractivity contribution >= 4 is 11.7 Å². The molecule has 10 heteroatoms. The molecule has 0 aliphatic heterocycles. The van der Waals surface area contributed by atoms with Crippen LogP contribution in [0.3, 0.4) is 0 Å². The molecule has 1 atom stereocenters. The SMILES string of the molecule is CC(CN/C=C\C(=N)c1cc(C(F)(F)F)cc(C(F)(F)F)c1)C(=O)O. The molecule has 0 aliphatic carbocycles. The van der Waals surface area contributed by atoms with Crippen molar-refractivity contribution in [2.75, 3.05) is 6.54 Å². The van der Waals surface area contributed by atoms with Gasteiger partial charge in [0.1, 0.15) is 0 Å². The van der Waals surface area contributed by atoms with Gasteiger partial charge in [-0.15, -0.1) is 0 Å². The Morgan fingerprint density at radius 2 is 1.64 bits per heavy atom. The number of hydrogen-bond donors (Lipinski definition) is 3. The molecule has 25 heavy (non-hydrogen) atoms. The van der Waals surface area contributed by atoms with Gasteiger partial charge in [0, 0.05) is 12.1 Å². The summed E-state index contributed by atoms with van der Waals surface area (Å²) < 4.78 is 76.5. The maximum absolute atomic E-state index is 12.7. The van der Waals surface area contributed by atoms with Crippen LogP contribution in [0.2, 0.25) is 0 Å². The lowest BCUT2D eigenvalue weighted by Gasteiger charge is -2.14. The van der Waals surface area contributed by atoms with Gasteiger partial charge in [-0.2, -0.15) is 26.3 Å². The van der Waals surface area contributed by atoms with Crippen molar-refractivity contribution in [3.05, 3.63) is 47.2 Å². The maximum atomic E-state index is 12.7. The minimum atomic E-state index is -4.99. The van der Waals surface area contributed by atoms with Crippen molar-refractivity contribution in [2.24, 2.45) is 5.92 Å². The van der Waals surface area contributed by atoms with E-state index in [4.69, 9.17) is 10.5 Å². The third-order valence-corrected chi connectivity index (χ3v) is 3.11. The summed E-state index contributed by atoms with van der Waals surface area (Å²) in [6.07, 6.45) is -7.94. The third-order valence-electron chi connectivity index (χ3n) is 3.11. The van der Waals surface area contributed by atoms with Crippen LogP contribution >= 0.6 is 0 Å². The molecule has 0 saturated heterocycles. The summed E-state index contributed by atoms with van der Waals surface area (Å²) >= 11 is 0. The van der Waals surface area contributed by atoms with Crippen molar-refractivity contribution in [2.45, 2.75) is 19.3 Å². The summed E-state index contributed by atoms with van der Waals surface area (Å²) in [5, 5.41) is 18.8. The van der Waals surface area contributed by atoms with Crippen LogP contribution in [-0.2, 0) is 17.1 Å². The van der Waals surface area contributed by atoms with E-state index >= 15 is 0 Å². The van der Waals surface area contributed by atoms with Gasteiger partial charge < -0.3 is 15.8 Å². The zero-order valence-electron chi connectivity index (χ0n) is 12.8. The van der Waals surface area contributed by atoms with Crippen molar-refractivity contribution in [1.82, 2.24) is 5.32 Å². The van der Waals surface area contributed by atoms with Gasteiger partial charge in [-0.1, -0.05) is 6.92 Å². The number of carboxylic acids is 1. The van der Waals surface area contributed by atoms with Crippen molar-refractivity contribution in [3.63, 3.8) is 0 Å². The average Bonchev–Trinajstić information content (AvgIpc) is 2.48. The second-order valence-electron chi connectivity index (χ2n) is 5.19. The molecule has 1 aromatic rings. The van der Waals surface area contributed by atoms with Gasteiger partial charge in [0.05, 0.1) is 22.8 Å². The highest BCUT2D eigenvalue weighted by Crippen LogP contribution is 2.36. The quantitative estimate of drug-likeness (QED) is 0.526. The van der Waals surface area contributed by atoms with E-state index in [2.05, 4.69) is 5.32 Å². The summed E-state index contributed by atoms with van der Waals surface area (Å²) in [6.45, 7) is 1.38. The van der Waals surface area contributed by atoms with Crippen LogP contribution in [0.15, 0.2) is 30.5 Å². The smallest absolute Gasteiger partial charge is 0.416 e. The molecule has 0 heterocycles. The molecule has 0 saturated carbocycles. The molecule has 3 N–H and O–H groups in total. The molecule has 0 amide bonds. The first-order valence-electron chi connectivity index (χ1n) is 6.83. The number of nitrogens with one attached hydrogen (secondary N) is 2. The zero-order valence-corrected chi connectivity index (χ0v) is 12.8. The summed E-state index contributed by atoms with van der Waals surface area (Å²) in [7, 11) is 0. The Morgan fingerprint density at radius 1 is 1.16 bits per heavy atom. The molecular weight excluding hydrogens is 354 g/mol. The van der Waals surface area contributed by atoms with Gasteiger partial charge in [-0.25, -0.2) is 0 Å². The molecule has 1 aromatic carbocycles. The van der Waals surface area contributed by atoms with Crippen LogP contribution in [0, 0.1) is 11.3 Å². The second-order valence-corrected chi connectivity index (χ2v) is 5.19. The number of aliphatic carboxylic acids is 1. The van der Waals surface area contributed by atoms with E-state index in [1.165, 1.54) is 6.92 Å². The van der Waals surface area contributed by atoms with E-state index < -0.39 is 46.6 Å². The van der Waals surface area contributed by atoms with E-state index in [1.807, 2.05) is 0 Å². The molecule has 0 aliphatic rings. The van der Waals surface area contributed by atoms with Gasteiger partial charge in [0.2, 0.25) is 0 Å². The first-order valence-corrected chi connectivity index (χ1v) is 6.83. The highest BCUT2D eigenvalue weighted by atomic mass is 19.4. The molecule has 0 aromatic heterocycles. The number of benzene rings is 1. The molecule has 1 unspecified atom stereocenters. The van der Waals surface area contributed by atoms with Crippen LogP contribution in [0.4, 0.5) is 26.3 Å². The molecule has 0 fully saturated rings. The Bertz CT molecular complexity index is 647. The fourth-order valence-electron chi connectivity index (χ4n) is 1.68. The Kier molecular flexibility index (Phi) is 6.22. The van der Waals surface area contributed by atoms with E-state index in [9.17, 15) is 31.1 Å². The molecule has 0 spiro atoms. The maximum Gasteiger partial charge on any atom is 0.416 e. The lowest BCUT2D eigenvalue weighted by atomic mass is 10.0. The van der Waals surface area contributed by atoms with Crippen molar-refractivity contribution < 1.29 is 36.2 Å². The predicted octanol–water partition coefficient (Wildman–Crippen LogP) is 3.92. The van der Waals surface area contributed by atoms with Crippen molar-refractivity contribution in [1.29, 1.82) is 5.41 Å². The number of rotatable bonds is 6. The van der Waals surface area contributed by atoms with Gasteiger partial charge in [0.15, 0.2) is 0 Å². The predicted molar refractivity (Wildman–Crippen MR) is 77.2 cm³/mol. The first-order chi connectivity index (χ1) is 11.3. The number of alkyl halides is 6. The summed E-state index contributed by atoms with van der Waals surface area (Å²) in [5.74, 6) is -1.84. The fraction of sp³-hybridized carbons (Fsp3) is 0.333. The highest BCUT2D eigenvalue weighted by Gasteiger charge is 2.37. The van der Waals surface area contributed by atoms with Gasteiger partial charge >= 0.3 is 18.3 Å². The van der Waals surface area contributed by atoms with Gasteiger partial charge in [0.25, 0.3) is 0 Å². The monoisotopic (exact) mass is 368 g/mol. The molecule has 0 radical (unpaired) electrons. The zero-order chi connectivity index (χ0) is 19.4. The lowest BCUT2D eigenvalue weighted by Crippen LogP contribution is -2.22. The Balaban J connectivity index is 3.03. The van der Waals surface area contributed by atoms with Crippen LogP contribution in [0.5, 0.6) is 0 Å². The molecule has 138 valence electrons. The van der Waals surface area contributed by atoms with Crippen LogP contribution in [0.25, 0.3) is 0 Å². The Hall–Kier alpha value is -2.52. The third kappa shape index (κ3) is 6.12. The van der Waals surface area contributed by atoms with Crippen LogP contribution < -0.4 is 5.32 Å². The second kappa shape index (κ2) is 7.58. The molecule has 1 rings (SSSR count). The number of allylic oxidation sites excluding steroid dienone is 1. The van der Waals surface area contributed by atoms with E-state index in [-0.39, 0.29) is 12.6 Å². The van der Waals surface area contributed by atoms with Crippen LogP contribution in [-0.4, -0.2) is 23.3 Å². The molecule has 0 bridgehead atoms. The lowest BCUT2D eigenvalue weighted by molar-refractivity contribution is -0.143. The highest BCUT2D eigenvalue weighted by molar-refractivity contribution is 6.06. The number of hydrogen-bond acceptors (Lipinski definition) is 3. The molecule has 4 nitrogen and oxygen atoms in total. The average molecular weight is 368 g/mol. The minimum Gasteiger partial charge on any atom is -0.481 e. The number of halogens is 6. The topological polar surface area (TPSA) is 73.2 Å². The van der Waals surface area contributed by atoms with Crippen LogP contribution in [0.1, 0.15) is 23.6 Å². The standard InChI is InChI=1S/C15H14F6N2O2/c1-8(13(24)25)7-23-3-2-12(22)9-4-10(14(16,17)18)6-11(5-9)15(19,20)21/h2-6,8,22-23H,7H2,1H3,(H,24,25)/b3-2-,22-12?. The van der Waals surface area contributed by atoms with Gasteiger partial charge in [-0.05, 0) is 30.5 Å². The van der Waals surface area contributed by atoms with E-state index in [0.29, 0.717) is 12.1 Å². The summed E-state index contributed by atoms with van der Waals surface area (Å²) in [6, 6.07) is 0.872. The largest absolute Gasteiger partial charge is 0.481 e. The van der Waals surface area contributed by atoms with E-state index in [1.54, 1.807) is 0 Å². The fourth-order valence-corrected chi connectivity index (χ4v) is 1.68.